The molecular formula is C26H20FN3O2. The number of hydrazine groups is 1. The average molecular weight is 425 g/mol. The zero-order chi connectivity index (χ0) is 22.2. The van der Waals surface area contributed by atoms with Gasteiger partial charge in [0.25, 0.3) is 11.8 Å². The quantitative estimate of drug-likeness (QED) is 0.384. The summed E-state index contributed by atoms with van der Waals surface area (Å²) in [5.41, 5.74) is 6.78. The van der Waals surface area contributed by atoms with E-state index in [9.17, 15) is 14.0 Å². The molecule has 1 aliphatic heterocycles. The highest BCUT2D eigenvalue weighted by Crippen LogP contribution is 2.30. The van der Waals surface area contributed by atoms with E-state index in [1.807, 2.05) is 43.3 Å². The second-order valence-corrected chi connectivity index (χ2v) is 7.71. The Morgan fingerprint density at radius 3 is 2.47 bits per heavy atom. The van der Waals surface area contributed by atoms with Crippen molar-refractivity contribution in [3.05, 3.63) is 107 Å². The molecular weight excluding hydrogens is 405 g/mol. The zero-order valence-electron chi connectivity index (χ0n) is 17.4. The van der Waals surface area contributed by atoms with Crippen LogP contribution in [0.2, 0.25) is 0 Å². The van der Waals surface area contributed by atoms with Crippen LogP contribution in [0, 0.1) is 12.7 Å². The average Bonchev–Trinajstić information content (AvgIpc) is 3.23. The normalized spacial score (nSPS) is 15.1. The van der Waals surface area contributed by atoms with Gasteiger partial charge in [0, 0.05) is 28.7 Å². The second-order valence-electron chi connectivity index (χ2n) is 7.71. The minimum Gasteiger partial charge on any atom is -0.340 e. The maximum atomic E-state index is 13.7. The van der Waals surface area contributed by atoms with Gasteiger partial charge in [-0.3, -0.25) is 15.0 Å². The van der Waals surface area contributed by atoms with Gasteiger partial charge in [0.1, 0.15) is 11.4 Å². The van der Waals surface area contributed by atoms with Crippen LogP contribution in [0.15, 0.2) is 84.4 Å². The Hall–Kier alpha value is -4.19. The SMILES string of the molecule is Cc1c(C=C2C(=O)NN(c3ccccc3)C2=O)c2ccccc2n1Cc1cccc(F)c1. The van der Waals surface area contributed by atoms with Crippen molar-refractivity contribution in [3.8, 4) is 0 Å². The summed E-state index contributed by atoms with van der Waals surface area (Å²) in [6.07, 6.45) is 1.65. The molecule has 1 aromatic heterocycles. The van der Waals surface area contributed by atoms with Crippen molar-refractivity contribution < 1.29 is 14.0 Å². The van der Waals surface area contributed by atoms with Crippen molar-refractivity contribution >= 4 is 34.5 Å². The number of halogens is 1. The fourth-order valence-electron chi connectivity index (χ4n) is 4.12. The van der Waals surface area contributed by atoms with Crippen LogP contribution >= 0.6 is 0 Å². The van der Waals surface area contributed by atoms with E-state index in [2.05, 4.69) is 9.99 Å². The molecule has 0 aliphatic carbocycles. The Kier molecular flexibility index (Phi) is 4.82. The van der Waals surface area contributed by atoms with Crippen LogP contribution in [-0.4, -0.2) is 16.4 Å². The minimum absolute atomic E-state index is 0.0746. The standard InChI is InChI=1S/C26H20FN3O2/c1-17-22(15-23-25(31)28-30(26(23)32)20-10-3-2-4-11-20)21-12-5-6-13-24(21)29(17)16-18-8-7-9-19(27)14-18/h2-15H,16H2,1H3,(H,28,31). The third-order valence-electron chi connectivity index (χ3n) is 5.70. The highest BCUT2D eigenvalue weighted by atomic mass is 19.1. The molecule has 0 unspecified atom stereocenters. The number of amides is 2. The molecule has 1 N–H and O–H groups in total. The summed E-state index contributed by atoms with van der Waals surface area (Å²) in [4.78, 5) is 25.7. The molecule has 5 rings (SSSR count). The van der Waals surface area contributed by atoms with E-state index in [1.54, 1.807) is 36.4 Å². The summed E-state index contributed by atoms with van der Waals surface area (Å²) in [5, 5.41) is 2.18. The molecule has 3 aromatic carbocycles. The number of rotatable bonds is 4. The molecule has 0 radical (unpaired) electrons. The molecule has 1 fully saturated rings. The van der Waals surface area contributed by atoms with Gasteiger partial charge in [-0.15, -0.1) is 0 Å². The summed E-state index contributed by atoms with van der Waals surface area (Å²) >= 11 is 0. The van der Waals surface area contributed by atoms with E-state index in [0.717, 1.165) is 27.7 Å². The molecule has 2 amide bonds. The van der Waals surface area contributed by atoms with Gasteiger partial charge in [0.05, 0.1) is 5.69 Å². The molecule has 0 spiro atoms. The lowest BCUT2D eigenvalue weighted by atomic mass is 10.1. The van der Waals surface area contributed by atoms with E-state index < -0.39 is 11.8 Å². The van der Waals surface area contributed by atoms with Gasteiger partial charge in [0.15, 0.2) is 0 Å². The fraction of sp³-hybridized carbons (Fsp3) is 0.0769. The number of hydrogen-bond acceptors (Lipinski definition) is 2. The molecule has 0 bridgehead atoms. The van der Waals surface area contributed by atoms with Gasteiger partial charge in [0.2, 0.25) is 0 Å². The predicted molar refractivity (Wildman–Crippen MR) is 122 cm³/mol. The molecule has 0 saturated carbocycles. The third-order valence-corrected chi connectivity index (χ3v) is 5.70. The molecule has 2 heterocycles. The van der Waals surface area contributed by atoms with Crippen LogP contribution in [0.25, 0.3) is 17.0 Å². The van der Waals surface area contributed by atoms with E-state index in [1.165, 1.54) is 17.1 Å². The number of fused-ring (bicyclic) bond motifs is 1. The van der Waals surface area contributed by atoms with Crippen LogP contribution in [0.5, 0.6) is 0 Å². The van der Waals surface area contributed by atoms with Crippen molar-refractivity contribution in [2.45, 2.75) is 13.5 Å². The molecule has 6 heteroatoms. The van der Waals surface area contributed by atoms with E-state index in [-0.39, 0.29) is 11.4 Å². The Balaban J connectivity index is 1.59. The third kappa shape index (κ3) is 3.36. The predicted octanol–water partition coefficient (Wildman–Crippen LogP) is 4.60. The molecule has 32 heavy (non-hydrogen) atoms. The summed E-state index contributed by atoms with van der Waals surface area (Å²) in [6, 6.07) is 23.3. The summed E-state index contributed by atoms with van der Waals surface area (Å²) in [6.45, 7) is 2.42. The van der Waals surface area contributed by atoms with Crippen LogP contribution in [-0.2, 0) is 16.1 Å². The smallest absolute Gasteiger partial charge is 0.282 e. The molecule has 158 valence electrons. The molecule has 5 nitrogen and oxygen atoms in total. The van der Waals surface area contributed by atoms with Crippen LogP contribution in [0.4, 0.5) is 10.1 Å². The molecule has 1 aliphatic rings. The minimum atomic E-state index is -0.444. The molecule has 0 atom stereocenters. The monoisotopic (exact) mass is 425 g/mol. The van der Waals surface area contributed by atoms with Crippen LogP contribution < -0.4 is 10.4 Å². The van der Waals surface area contributed by atoms with Gasteiger partial charge in [-0.05, 0) is 48.9 Å². The van der Waals surface area contributed by atoms with Gasteiger partial charge < -0.3 is 4.57 Å². The van der Waals surface area contributed by atoms with Gasteiger partial charge in [-0.2, -0.15) is 0 Å². The van der Waals surface area contributed by atoms with E-state index in [0.29, 0.717) is 12.2 Å². The lowest BCUT2D eigenvalue weighted by Crippen LogP contribution is -2.35. The maximum absolute atomic E-state index is 13.7. The summed E-state index contributed by atoms with van der Waals surface area (Å²) < 4.78 is 15.8. The largest absolute Gasteiger partial charge is 0.340 e. The first-order chi connectivity index (χ1) is 15.5. The number of anilines is 1. The van der Waals surface area contributed by atoms with E-state index >= 15 is 0 Å². The Bertz CT molecular complexity index is 1390. The summed E-state index contributed by atoms with van der Waals surface area (Å²) in [5.74, 6) is -1.13. The van der Waals surface area contributed by atoms with Crippen molar-refractivity contribution in [2.24, 2.45) is 0 Å². The van der Waals surface area contributed by atoms with Crippen LogP contribution in [0.1, 0.15) is 16.8 Å². The molecule has 4 aromatic rings. The first kappa shape index (κ1) is 19.8. The van der Waals surface area contributed by atoms with Crippen LogP contribution in [0.3, 0.4) is 0 Å². The fourth-order valence-corrected chi connectivity index (χ4v) is 4.12. The summed E-state index contributed by atoms with van der Waals surface area (Å²) in [7, 11) is 0. The lowest BCUT2D eigenvalue weighted by Gasteiger charge is -2.13. The van der Waals surface area contributed by atoms with Gasteiger partial charge in [-0.1, -0.05) is 48.5 Å². The van der Waals surface area contributed by atoms with Gasteiger partial charge >= 0.3 is 0 Å². The first-order valence-corrected chi connectivity index (χ1v) is 10.3. The Morgan fingerprint density at radius 1 is 0.938 bits per heavy atom. The number of aromatic nitrogens is 1. The highest BCUT2D eigenvalue weighted by Gasteiger charge is 2.34. The van der Waals surface area contributed by atoms with Gasteiger partial charge in [-0.25, -0.2) is 9.40 Å². The van der Waals surface area contributed by atoms with Crippen molar-refractivity contribution in [2.75, 3.05) is 5.01 Å². The zero-order valence-corrected chi connectivity index (χ0v) is 17.4. The number of benzene rings is 3. The van der Waals surface area contributed by atoms with Crippen molar-refractivity contribution in [1.82, 2.24) is 9.99 Å². The maximum Gasteiger partial charge on any atom is 0.282 e. The number of carbonyl (C=O) groups excluding carboxylic acids is 2. The number of nitrogens with zero attached hydrogens (tertiary/aromatic N) is 2. The Labute approximate surface area is 184 Å². The lowest BCUT2D eigenvalue weighted by molar-refractivity contribution is -0.117. The number of carbonyl (C=O) groups is 2. The Morgan fingerprint density at radius 2 is 1.69 bits per heavy atom. The number of hydrogen-bond donors (Lipinski definition) is 1. The first-order valence-electron chi connectivity index (χ1n) is 10.3. The number of para-hydroxylation sites is 2. The second kappa shape index (κ2) is 7.81. The topological polar surface area (TPSA) is 54.3 Å². The van der Waals surface area contributed by atoms with E-state index in [4.69, 9.17) is 0 Å². The number of nitrogens with one attached hydrogen (secondary N) is 1. The van der Waals surface area contributed by atoms with Crippen molar-refractivity contribution in [3.63, 3.8) is 0 Å². The molecule has 1 saturated heterocycles. The highest BCUT2D eigenvalue weighted by molar-refractivity contribution is 6.32. The van der Waals surface area contributed by atoms with Crippen molar-refractivity contribution in [1.29, 1.82) is 0 Å².